The van der Waals surface area contributed by atoms with E-state index in [1.807, 2.05) is 12.1 Å². The van der Waals surface area contributed by atoms with Crippen LogP contribution in [0.5, 0.6) is 5.75 Å². The van der Waals surface area contributed by atoms with Gasteiger partial charge >= 0.3 is 0 Å². The molecule has 5 rings (SSSR count). The number of hydrogen-bond acceptors (Lipinski definition) is 4. The molecular weight excluding hydrogens is 324 g/mol. The second-order valence-corrected chi connectivity index (χ2v) is 9.30. The van der Waals surface area contributed by atoms with E-state index in [1.54, 1.807) is 13.4 Å². The molecule has 5 heteroatoms. The Bertz CT molecular complexity index is 1010. The van der Waals surface area contributed by atoms with E-state index >= 15 is 0 Å². The summed E-state index contributed by atoms with van der Waals surface area (Å²) in [6.07, 6.45) is 5.48. The number of rotatable bonds is 2. The first kappa shape index (κ1) is 15.9. The summed E-state index contributed by atoms with van der Waals surface area (Å²) in [6.45, 7) is 8.33. The van der Waals surface area contributed by atoms with Gasteiger partial charge < -0.3 is 14.6 Å². The first-order chi connectivity index (χ1) is 12.4. The number of aromatic nitrogens is 3. The fourth-order valence-corrected chi connectivity index (χ4v) is 5.72. The summed E-state index contributed by atoms with van der Waals surface area (Å²) in [7, 11) is 1.70. The van der Waals surface area contributed by atoms with E-state index in [0.717, 1.165) is 40.0 Å². The molecule has 1 saturated carbocycles. The zero-order valence-corrected chi connectivity index (χ0v) is 16.0. The van der Waals surface area contributed by atoms with E-state index in [0.29, 0.717) is 16.9 Å². The predicted molar refractivity (Wildman–Crippen MR) is 105 cm³/mol. The second kappa shape index (κ2) is 5.12. The highest BCUT2D eigenvalue weighted by atomic mass is 16.5. The van der Waals surface area contributed by atoms with Gasteiger partial charge in [-0.05, 0) is 42.2 Å². The van der Waals surface area contributed by atoms with Crippen LogP contribution in [0, 0.1) is 10.8 Å². The van der Waals surface area contributed by atoms with Crippen LogP contribution in [0.2, 0.25) is 0 Å². The van der Waals surface area contributed by atoms with Gasteiger partial charge in [0.15, 0.2) is 5.82 Å². The lowest BCUT2D eigenvalue weighted by molar-refractivity contribution is 0.136. The van der Waals surface area contributed by atoms with E-state index in [1.165, 1.54) is 19.3 Å². The molecule has 3 aromatic rings. The number of H-pyrrole nitrogens is 1. The van der Waals surface area contributed by atoms with Crippen LogP contribution in [0.3, 0.4) is 0 Å². The molecule has 0 amide bonds. The van der Waals surface area contributed by atoms with Crippen LogP contribution >= 0.6 is 0 Å². The van der Waals surface area contributed by atoms with E-state index in [-0.39, 0.29) is 0 Å². The summed E-state index contributed by atoms with van der Waals surface area (Å²) in [6, 6.07) is 6.66. The Morgan fingerprint density at radius 2 is 2.04 bits per heavy atom. The van der Waals surface area contributed by atoms with Crippen molar-refractivity contribution in [2.45, 2.75) is 46.1 Å². The molecule has 0 spiro atoms. The summed E-state index contributed by atoms with van der Waals surface area (Å²) in [5, 5.41) is 1.12. The van der Waals surface area contributed by atoms with E-state index < -0.39 is 0 Å². The van der Waals surface area contributed by atoms with Gasteiger partial charge in [-0.15, -0.1) is 0 Å². The molecule has 2 atom stereocenters. The fraction of sp³-hybridized carbons (Fsp3) is 0.524. The molecule has 1 saturated heterocycles. The van der Waals surface area contributed by atoms with Gasteiger partial charge in [-0.25, -0.2) is 9.97 Å². The average molecular weight is 350 g/mol. The Kier molecular flexibility index (Phi) is 3.13. The van der Waals surface area contributed by atoms with Crippen molar-refractivity contribution in [3.8, 4) is 5.75 Å². The lowest BCUT2D eigenvalue weighted by atomic mass is 9.65. The summed E-state index contributed by atoms with van der Waals surface area (Å²) < 4.78 is 5.37. The third-order valence-electron chi connectivity index (χ3n) is 6.26. The molecule has 0 radical (unpaired) electrons. The predicted octanol–water partition coefficient (Wildman–Crippen LogP) is 4.52. The summed E-state index contributed by atoms with van der Waals surface area (Å²) in [4.78, 5) is 15.4. The Morgan fingerprint density at radius 3 is 2.85 bits per heavy atom. The first-order valence-electron chi connectivity index (χ1n) is 9.45. The van der Waals surface area contributed by atoms with Crippen LogP contribution in [0.25, 0.3) is 21.9 Å². The molecule has 3 heterocycles. The second-order valence-electron chi connectivity index (χ2n) is 9.30. The highest BCUT2D eigenvalue weighted by Gasteiger charge is 2.50. The number of hydrogen-bond donors (Lipinski definition) is 1. The molecule has 5 nitrogen and oxygen atoms in total. The molecule has 2 aliphatic rings. The van der Waals surface area contributed by atoms with Crippen LogP contribution in [0.4, 0.5) is 5.82 Å². The van der Waals surface area contributed by atoms with Gasteiger partial charge in [0.25, 0.3) is 0 Å². The summed E-state index contributed by atoms with van der Waals surface area (Å²) in [5.41, 5.74) is 3.86. The standard InChI is InChI=1S/C21H26N4O/c1-20(2)8-13-9-21(3,10-20)11-25(13)19-18-17(22-12-23-19)15-6-5-14(26-4)7-16(15)24-18/h5-7,12-13,24H,8-11H2,1-4H3/t13-,21+/m1/s1. The molecule has 1 aliphatic heterocycles. The van der Waals surface area contributed by atoms with Gasteiger partial charge in [-0.2, -0.15) is 0 Å². The topological polar surface area (TPSA) is 54.0 Å². The number of benzene rings is 1. The van der Waals surface area contributed by atoms with Gasteiger partial charge in [0.1, 0.15) is 23.1 Å². The van der Waals surface area contributed by atoms with Gasteiger partial charge in [-0.3, -0.25) is 0 Å². The number of nitrogens with one attached hydrogen (secondary N) is 1. The maximum Gasteiger partial charge on any atom is 0.156 e. The minimum Gasteiger partial charge on any atom is -0.497 e. The lowest BCUT2D eigenvalue weighted by Gasteiger charge is -2.39. The van der Waals surface area contributed by atoms with Crippen molar-refractivity contribution in [1.82, 2.24) is 15.0 Å². The third kappa shape index (κ3) is 2.29. The molecular formula is C21H26N4O. The van der Waals surface area contributed by atoms with Crippen LogP contribution in [-0.2, 0) is 0 Å². The number of ether oxygens (including phenoxy) is 1. The molecule has 26 heavy (non-hydrogen) atoms. The van der Waals surface area contributed by atoms with Crippen molar-refractivity contribution in [2.24, 2.45) is 10.8 Å². The Hall–Kier alpha value is -2.30. The van der Waals surface area contributed by atoms with Crippen molar-refractivity contribution < 1.29 is 4.74 Å². The maximum absolute atomic E-state index is 5.37. The molecule has 2 fully saturated rings. The number of aromatic amines is 1. The van der Waals surface area contributed by atoms with E-state index in [4.69, 9.17) is 9.72 Å². The smallest absolute Gasteiger partial charge is 0.156 e. The van der Waals surface area contributed by atoms with E-state index in [2.05, 4.69) is 41.7 Å². The Morgan fingerprint density at radius 1 is 1.19 bits per heavy atom. The fourth-order valence-electron chi connectivity index (χ4n) is 5.72. The first-order valence-corrected chi connectivity index (χ1v) is 9.45. The number of fused-ring (bicyclic) bond motifs is 5. The SMILES string of the molecule is COc1ccc2c(c1)[nH]c1c(N3C[C@@]4(C)C[C@H]3CC(C)(C)C4)ncnc12. The summed E-state index contributed by atoms with van der Waals surface area (Å²) >= 11 is 0. The normalized spacial score (nSPS) is 27.4. The van der Waals surface area contributed by atoms with Crippen LogP contribution in [0.15, 0.2) is 24.5 Å². The van der Waals surface area contributed by atoms with Crippen LogP contribution in [0.1, 0.15) is 40.0 Å². The molecule has 2 aromatic heterocycles. The number of methoxy groups -OCH3 is 1. The van der Waals surface area contributed by atoms with Crippen LogP contribution in [-0.4, -0.2) is 34.6 Å². The van der Waals surface area contributed by atoms with Crippen molar-refractivity contribution >= 4 is 27.8 Å². The quantitative estimate of drug-likeness (QED) is 0.738. The van der Waals surface area contributed by atoms with Crippen molar-refractivity contribution in [3.63, 3.8) is 0 Å². The third-order valence-corrected chi connectivity index (χ3v) is 6.26. The highest BCUT2D eigenvalue weighted by Crippen LogP contribution is 2.53. The maximum atomic E-state index is 5.37. The molecule has 136 valence electrons. The number of anilines is 1. The molecule has 1 N–H and O–H groups in total. The Labute approximate surface area is 153 Å². The minimum absolute atomic E-state index is 0.374. The largest absolute Gasteiger partial charge is 0.497 e. The number of nitrogens with zero attached hydrogens (tertiary/aromatic N) is 3. The van der Waals surface area contributed by atoms with Gasteiger partial charge in [-0.1, -0.05) is 20.8 Å². The summed E-state index contributed by atoms with van der Waals surface area (Å²) in [5.74, 6) is 1.90. The average Bonchev–Trinajstić information content (AvgIpc) is 3.07. The van der Waals surface area contributed by atoms with Crippen molar-refractivity contribution in [2.75, 3.05) is 18.6 Å². The van der Waals surface area contributed by atoms with Crippen LogP contribution < -0.4 is 9.64 Å². The van der Waals surface area contributed by atoms with Gasteiger partial charge in [0.2, 0.25) is 0 Å². The van der Waals surface area contributed by atoms with Gasteiger partial charge in [0.05, 0.1) is 12.6 Å². The van der Waals surface area contributed by atoms with Crippen molar-refractivity contribution in [1.29, 1.82) is 0 Å². The van der Waals surface area contributed by atoms with Crippen molar-refractivity contribution in [3.05, 3.63) is 24.5 Å². The Balaban J connectivity index is 1.66. The van der Waals surface area contributed by atoms with E-state index in [9.17, 15) is 0 Å². The molecule has 0 unspecified atom stereocenters. The molecule has 2 bridgehead atoms. The highest BCUT2D eigenvalue weighted by molar-refractivity contribution is 6.08. The lowest BCUT2D eigenvalue weighted by Crippen LogP contribution is -2.35. The zero-order valence-electron chi connectivity index (χ0n) is 16.0. The van der Waals surface area contributed by atoms with Gasteiger partial charge in [0, 0.05) is 24.0 Å². The molecule has 1 aliphatic carbocycles. The zero-order chi connectivity index (χ0) is 18.1. The molecule has 1 aromatic carbocycles. The monoisotopic (exact) mass is 350 g/mol. The minimum atomic E-state index is 0.374.